The fourth-order valence-corrected chi connectivity index (χ4v) is 2.79. The van der Waals surface area contributed by atoms with E-state index in [0.717, 1.165) is 24.3 Å². The highest BCUT2D eigenvalue weighted by molar-refractivity contribution is 5.68. The Morgan fingerprint density at radius 1 is 1.23 bits per heavy atom. The number of aromatic nitrogens is 3. The topological polar surface area (TPSA) is 59.7 Å². The Morgan fingerprint density at radius 2 is 1.95 bits per heavy atom. The molecular weight excluding hydrogens is 280 g/mol. The number of piperidine rings is 1. The first-order valence-corrected chi connectivity index (χ1v) is 7.71. The van der Waals surface area contributed by atoms with E-state index in [-0.39, 0.29) is 6.09 Å². The molecule has 1 fully saturated rings. The summed E-state index contributed by atoms with van der Waals surface area (Å²) < 4.78 is 7.46. The molecule has 0 aliphatic carbocycles. The molecule has 3 heterocycles. The summed E-state index contributed by atoms with van der Waals surface area (Å²) in [5, 5.41) is 8.53. The zero-order valence-corrected chi connectivity index (χ0v) is 13.3. The smallest absolute Gasteiger partial charge is 0.410 e. The van der Waals surface area contributed by atoms with Crippen LogP contribution in [0.25, 0.3) is 5.65 Å². The molecule has 1 saturated heterocycles. The molecule has 0 spiro atoms. The predicted octanol–water partition coefficient (Wildman–Crippen LogP) is 2.84. The van der Waals surface area contributed by atoms with E-state index in [1.54, 1.807) is 4.90 Å². The van der Waals surface area contributed by atoms with Gasteiger partial charge < -0.3 is 9.64 Å². The highest BCUT2D eigenvalue weighted by Crippen LogP contribution is 2.27. The van der Waals surface area contributed by atoms with Crippen molar-refractivity contribution in [1.29, 1.82) is 0 Å². The van der Waals surface area contributed by atoms with Crippen molar-refractivity contribution in [2.75, 3.05) is 13.1 Å². The Hall–Kier alpha value is -2.11. The normalized spacial score (nSPS) is 17.0. The van der Waals surface area contributed by atoms with Gasteiger partial charge in [0.05, 0.1) is 0 Å². The maximum atomic E-state index is 12.1. The number of amides is 1. The van der Waals surface area contributed by atoms with Gasteiger partial charge in [-0.15, -0.1) is 10.2 Å². The lowest BCUT2D eigenvalue weighted by Gasteiger charge is -2.32. The number of hydrogen-bond donors (Lipinski definition) is 0. The highest BCUT2D eigenvalue weighted by atomic mass is 16.6. The summed E-state index contributed by atoms with van der Waals surface area (Å²) >= 11 is 0. The molecule has 0 saturated carbocycles. The molecule has 0 bridgehead atoms. The number of likely N-dealkylation sites (tertiary alicyclic amines) is 1. The Bertz CT molecular complexity index is 666. The minimum Gasteiger partial charge on any atom is -0.444 e. The zero-order chi connectivity index (χ0) is 15.7. The van der Waals surface area contributed by atoms with Gasteiger partial charge in [0.1, 0.15) is 11.4 Å². The van der Waals surface area contributed by atoms with E-state index in [2.05, 4.69) is 10.2 Å². The van der Waals surface area contributed by atoms with Crippen molar-refractivity contribution in [3.05, 3.63) is 30.2 Å². The Balaban J connectivity index is 1.66. The van der Waals surface area contributed by atoms with Crippen LogP contribution in [0.5, 0.6) is 0 Å². The minimum atomic E-state index is -0.447. The molecule has 3 rings (SSSR count). The van der Waals surface area contributed by atoms with E-state index in [0.29, 0.717) is 19.0 Å². The molecular formula is C16H22N4O2. The van der Waals surface area contributed by atoms with Crippen molar-refractivity contribution in [2.24, 2.45) is 0 Å². The molecule has 118 valence electrons. The summed E-state index contributed by atoms with van der Waals surface area (Å²) in [5.74, 6) is 1.32. The maximum absolute atomic E-state index is 12.1. The van der Waals surface area contributed by atoms with Crippen molar-refractivity contribution in [3.8, 4) is 0 Å². The van der Waals surface area contributed by atoms with Crippen LogP contribution in [0.1, 0.15) is 45.4 Å². The first-order valence-electron chi connectivity index (χ1n) is 7.71. The average molecular weight is 302 g/mol. The van der Waals surface area contributed by atoms with E-state index in [9.17, 15) is 4.79 Å². The van der Waals surface area contributed by atoms with E-state index in [1.807, 2.05) is 49.6 Å². The molecule has 0 N–H and O–H groups in total. The standard InChI is InChI=1S/C16H22N4O2/c1-16(2,3)22-15(21)19-10-7-12(8-11-19)14-18-17-13-6-4-5-9-20(13)14/h4-6,9,12H,7-8,10-11H2,1-3H3. The second-order valence-corrected chi connectivity index (χ2v) is 6.73. The fourth-order valence-electron chi connectivity index (χ4n) is 2.79. The highest BCUT2D eigenvalue weighted by Gasteiger charge is 2.29. The molecule has 1 aliphatic rings. The maximum Gasteiger partial charge on any atom is 0.410 e. The van der Waals surface area contributed by atoms with Gasteiger partial charge in [0, 0.05) is 25.2 Å². The number of nitrogens with zero attached hydrogens (tertiary/aromatic N) is 4. The fraction of sp³-hybridized carbons (Fsp3) is 0.562. The third-order valence-corrected chi connectivity index (χ3v) is 3.85. The van der Waals surface area contributed by atoms with Crippen molar-refractivity contribution >= 4 is 11.7 Å². The molecule has 2 aromatic heterocycles. The van der Waals surface area contributed by atoms with Gasteiger partial charge in [0.25, 0.3) is 0 Å². The van der Waals surface area contributed by atoms with Crippen LogP contribution < -0.4 is 0 Å². The lowest BCUT2D eigenvalue weighted by atomic mass is 9.96. The molecule has 1 amide bonds. The number of carbonyl (C=O) groups is 1. The second kappa shape index (κ2) is 5.59. The van der Waals surface area contributed by atoms with Crippen molar-refractivity contribution in [1.82, 2.24) is 19.5 Å². The SMILES string of the molecule is CC(C)(C)OC(=O)N1CCC(c2nnc3ccccn23)CC1. The first kappa shape index (κ1) is 14.8. The van der Waals surface area contributed by atoms with E-state index < -0.39 is 5.60 Å². The van der Waals surface area contributed by atoms with Gasteiger partial charge in [0.2, 0.25) is 0 Å². The average Bonchev–Trinajstić information content (AvgIpc) is 2.89. The van der Waals surface area contributed by atoms with Crippen molar-refractivity contribution in [3.63, 3.8) is 0 Å². The summed E-state index contributed by atoms with van der Waals surface area (Å²) in [6.45, 7) is 7.06. The second-order valence-electron chi connectivity index (χ2n) is 6.73. The summed E-state index contributed by atoms with van der Waals surface area (Å²) in [6.07, 6.45) is 3.53. The Kier molecular flexibility index (Phi) is 3.76. The monoisotopic (exact) mass is 302 g/mol. The first-order chi connectivity index (χ1) is 10.4. The van der Waals surface area contributed by atoms with Crippen molar-refractivity contribution < 1.29 is 9.53 Å². The van der Waals surface area contributed by atoms with Gasteiger partial charge in [-0.1, -0.05) is 6.07 Å². The molecule has 1 aliphatic heterocycles. The number of hydrogen-bond acceptors (Lipinski definition) is 4. The quantitative estimate of drug-likeness (QED) is 0.812. The predicted molar refractivity (Wildman–Crippen MR) is 82.8 cm³/mol. The van der Waals surface area contributed by atoms with E-state index in [4.69, 9.17) is 4.74 Å². The number of pyridine rings is 1. The van der Waals surface area contributed by atoms with Crippen LogP contribution in [0, 0.1) is 0 Å². The van der Waals surface area contributed by atoms with Gasteiger partial charge in [-0.2, -0.15) is 0 Å². The molecule has 2 aromatic rings. The van der Waals surface area contributed by atoms with Gasteiger partial charge in [0.15, 0.2) is 5.65 Å². The van der Waals surface area contributed by atoms with Crippen LogP contribution in [0.4, 0.5) is 4.79 Å². The Labute approximate surface area is 130 Å². The lowest BCUT2D eigenvalue weighted by molar-refractivity contribution is 0.0203. The van der Waals surface area contributed by atoms with Crippen LogP contribution in [-0.4, -0.2) is 44.3 Å². The van der Waals surface area contributed by atoms with Crippen LogP contribution in [0.3, 0.4) is 0 Å². The molecule has 0 radical (unpaired) electrons. The van der Waals surface area contributed by atoms with Crippen LogP contribution in [-0.2, 0) is 4.74 Å². The number of rotatable bonds is 1. The molecule has 0 unspecified atom stereocenters. The van der Waals surface area contributed by atoms with E-state index in [1.165, 1.54) is 0 Å². The molecule has 0 aromatic carbocycles. The largest absolute Gasteiger partial charge is 0.444 e. The Morgan fingerprint density at radius 3 is 2.64 bits per heavy atom. The van der Waals surface area contributed by atoms with Gasteiger partial charge in [-0.05, 0) is 45.7 Å². The minimum absolute atomic E-state index is 0.225. The van der Waals surface area contributed by atoms with Crippen molar-refractivity contribution in [2.45, 2.75) is 45.1 Å². The molecule has 0 atom stereocenters. The number of fused-ring (bicyclic) bond motifs is 1. The summed E-state index contributed by atoms with van der Waals surface area (Å²) in [6, 6.07) is 5.89. The number of carbonyl (C=O) groups excluding carboxylic acids is 1. The van der Waals surface area contributed by atoms with Crippen LogP contribution >= 0.6 is 0 Å². The summed E-state index contributed by atoms with van der Waals surface area (Å²) in [5.41, 5.74) is 0.420. The zero-order valence-electron chi connectivity index (χ0n) is 13.3. The molecule has 22 heavy (non-hydrogen) atoms. The van der Waals surface area contributed by atoms with Crippen LogP contribution in [0.15, 0.2) is 24.4 Å². The van der Waals surface area contributed by atoms with Gasteiger partial charge in [-0.25, -0.2) is 4.79 Å². The molecule has 6 nitrogen and oxygen atoms in total. The van der Waals surface area contributed by atoms with Gasteiger partial charge in [-0.3, -0.25) is 4.40 Å². The lowest BCUT2D eigenvalue weighted by Crippen LogP contribution is -2.41. The third kappa shape index (κ3) is 3.05. The summed E-state index contributed by atoms with van der Waals surface area (Å²) in [4.78, 5) is 13.9. The van der Waals surface area contributed by atoms with Crippen LogP contribution in [0.2, 0.25) is 0 Å². The third-order valence-electron chi connectivity index (χ3n) is 3.85. The summed E-state index contributed by atoms with van der Waals surface area (Å²) in [7, 11) is 0. The number of ether oxygens (including phenoxy) is 1. The molecule has 6 heteroatoms. The van der Waals surface area contributed by atoms with Gasteiger partial charge >= 0.3 is 6.09 Å². The van der Waals surface area contributed by atoms with E-state index >= 15 is 0 Å².